The van der Waals surface area contributed by atoms with Crippen molar-refractivity contribution in [1.29, 1.82) is 0 Å². The number of carbonyl (C=O) groups is 1. The fourth-order valence-corrected chi connectivity index (χ4v) is 2.76. The molecule has 1 unspecified atom stereocenters. The lowest BCUT2D eigenvalue weighted by atomic mass is 10.1. The van der Waals surface area contributed by atoms with E-state index in [1.54, 1.807) is 7.11 Å². The Balaban J connectivity index is 1.95. The van der Waals surface area contributed by atoms with Crippen molar-refractivity contribution in [2.75, 3.05) is 32.6 Å². The highest BCUT2D eigenvalue weighted by Gasteiger charge is 2.27. The van der Waals surface area contributed by atoms with Gasteiger partial charge in [0.25, 0.3) is 5.91 Å². The lowest BCUT2D eigenvalue weighted by Gasteiger charge is -2.17. The second-order valence-electron chi connectivity index (χ2n) is 5.22. The molecule has 2 heterocycles. The first-order valence-electron chi connectivity index (χ1n) is 7.12. The van der Waals surface area contributed by atoms with Crippen LogP contribution in [0.15, 0.2) is 30.3 Å². The smallest absolute Gasteiger partial charge is 0.272 e. The van der Waals surface area contributed by atoms with Crippen LogP contribution >= 0.6 is 0 Å². The zero-order valence-electron chi connectivity index (χ0n) is 12.3. The Hall–Kier alpha value is -2.14. The van der Waals surface area contributed by atoms with E-state index in [0.29, 0.717) is 12.2 Å². The zero-order valence-corrected chi connectivity index (χ0v) is 12.3. The minimum absolute atomic E-state index is 0.0307. The molecule has 1 aliphatic rings. The fourth-order valence-electron chi connectivity index (χ4n) is 2.76. The molecule has 1 atom stereocenters. The number of nitrogens with one attached hydrogen (secondary N) is 1. The minimum atomic E-state index is -0.0307. The molecule has 21 heavy (non-hydrogen) atoms. The molecule has 0 radical (unpaired) electrons. The summed E-state index contributed by atoms with van der Waals surface area (Å²) in [7, 11) is 3.54. The number of pyridine rings is 1. The maximum atomic E-state index is 12.6. The van der Waals surface area contributed by atoms with Crippen LogP contribution in [0.2, 0.25) is 0 Å². The number of aromatic nitrogens is 1. The molecule has 5 heteroatoms. The fraction of sp³-hybridized carbons (Fsp3) is 0.375. The zero-order chi connectivity index (χ0) is 14.8. The summed E-state index contributed by atoms with van der Waals surface area (Å²) in [5.74, 6) is -0.0307. The molecule has 0 spiro atoms. The number of amides is 1. The number of hydrogen-bond acceptors (Lipinski definition) is 4. The maximum Gasteiger partial charge on any atom is 0.272 e. The average Bonchev–Trinajstić information content (AvgIpc) is 3.02. The molecule has 1 aromatic carbocycles. The minimum Gasteiger partial charge on any atom is -0.388 e. The van der Waals surface area contributed by atoms with Crippen molar-refractivity contribution in [2.24, 2.45) is 0 Å². The summed E-state index contributed by atoms with van der Waals surface area (Å²) in [6.07, 6.45) is 1.02. The quantitative estimate of drug-likeness (QED) is 0.938. The van der Waals surface area contributed by atoms with Crippen molar-refractivity contribution in [1.82, 2.24) is 9.88 Å². The van der Waals surface area contributed by atoms with Gasteiger partial charge in [-0.2, -0.15) is 0 Å². The number of ether oxygens (including phenoxy) is 1. The van der Waals surface area contributed by atoms with Crippen molar-refractivity contribution in [3.05, 3.63) is 36.0 Å². The summed E-state index contributed by atoms with van der Waals surface area (Å²) in [5.41, 5.74) is 2.23. The first-order valence-corrected chi connectivity index (χ1v) is 7.12. The van der Waals surface area contributed by atoms with Gasteiger partial charge in [0.1, 0.15) is 5.69 Å². The molecular formula is C16H19N3O2. The summed E-state index contributed by atoms with van der Waals surface area (Å²) in [6, 6.07) is 9.65. The van der Waals surface area contributed by atoms with E-state index in [9.17, 15) is 4.79 Å². The predicted octanol–water partition coefficient (Wildman–Crippen LogP) is 2.14. The Morgan fingerprint density at radius 2 is 2.24 bits per heavy atom. The number of para-hydroxylation sites is 1. The third-order valence-electron chi connectivity index (χ3n) is 3.97. The lowest BCUT2D eigenvalue weighted by molar-refractivity contribution is 0.0719. The van der Waals surface area contributed by atoms with Gasteiger partial charge in [0.2, 0.25) is 0 Å². The molecule has 1 aromatic heterocycles. The Morgan fingerprint density at radius 3 is 2.95 bits per heavy atom. The van der Waals surface area contributed by atoms with Crippen molar-refractivity contribution >= 4 is 22.5 Å². The molecule has 1 aliphatic heterocycles. The van der Waals surface area contributed by atoms with Crippen LogP contribution in [0, 0.1) is 0 Å². The predicted molar refractivity (Wildman–Crippen MR) is 82.6 cm³/mol. The molecular weight excluding hydrogens is 266 g/mol. The van der Waals surface area contributed by atoms with Crippen LogP contribution < -0.4 is 5.32 Å². The molecule has 1 saturated heterocycles. The number of anilines is 1. The molecule has 1 fully saturated rings. The summed E-state index contributed by atoms with van der Waals surface area (Å²) in [4.78, 5) is 18.9. The highest BCUT2D eigenvalue weighted by molar-refractivity contribution is 5.99. The van der Waals surface area contributed by atoms with Crippen molar-refractivity contribution < 1.29 is 9.53 Å². The average molecular weight is 285 g/mol. The third-order valence-corrected chi connectivity index (χ3v) is 3.97. The van der Waals surface area contributed by atoms with Gasteiger partial charge in [-0.15, -0.1) is 0 Å². The molecule has 0 saturated carbocycles. The van der Waals surface area contributed by atoms with E-state index in [4.69, 9.17) is 4.74 Å². The molecule has 3 rings (SSSR count). The van der Waals surface area contributed by atoms with Crippen molar-refractivity contribution in [3.8, 4) is 0 Å². The van der Waals surface area contributed by atoms with E-state index in [0.717, 1.165) is 29.6 Å². The number of hydrogen-bond donors (Lipinski definition) is 1. The van der Waals surface area contributed by atoms with Crippen LogP contribution in [0.25, 0.3) is 10.9 Å². The molecule has 5 nitrogen and oxygen atoms in total. The first kappa shape index (κ1) is 13.8. The first-order chi connectivity index (χ1) is 10.2. The van der Waals surface area contributed by atoms with Crippen molar-refractivity contribution in [3.63, 3.8) is 0 Å². The van der Waals surface area contributed by atoms with Gasteiger partial charge in [0.05, 0.1) is 11.6 Å². The van der Waals surface area contributed by atoms with Gasteiger partial charge in [0.15, 0.2) is 0 Å². The Bertz CT molecular complexity index is 672. The van der Waals surface area contributed by atoms with Gasteiger partial charge in [-0.05, 0) is 18.6 Å². The van der Waals surface area contributed by atoms with Gasteiger partial charge < -0.3 is 15.0 Å². The number of fused-ring (bicyclic) bond motifs is 1. The molecule has 0 aliphatic carbocycles. The van der Waals surface area contributed by atoms with Crippen LogP contribution in [0.3, 0.4) is 0 Å². The highest BCUT2D eigenvalue weighted by atomic mass is 16.5. The Labute approximate surface area is 123 Å². The lowest BCUT2D eigenvalue weighted by Crippen LogP contribution is -2.30. The van der Waals surface area contributed by atoms with Gasteiger partial charge in [-0.3, -0.25) is 4.79 Å². The van der Waals surface area contributed by atoms with Gasteiger partial charge in [0, 0.05) is 38.3 Å². The van der Waals surface area contributed by atoms with E-state index in [1.165, 1.54) is 0 Å². The number of carbonyl (C=O) groups excluding carboxylic acids is 1. The monoisotopic (exact) mass is 285 g/mol. The van der Waals surface area contributed by atoms with E-state index in [1.807, 2.05) is 42.3 Å². The summed E-state index contributed by atoms with van der Waals surface area (Å²) in [6.45, 7) is 1.36. The van der Waals surface area contributed by atoms with Crippen molar-refractivity contribution in [2.45, 2.75) is 12.5 Å². The molecule has 1 N–H and O–H groups in total. The SMILES string of the molecule is CNc1cc(C(=O)N2CCC(OC)C2)nc2ccccc12. The van der Waals surface area contributed by atoms with Crippen LogP contribution in [-0.2, 0) is 4.74 Å². The van der Waals surface area contributed by atoms with Crippen LogP contribution in [0.5, 0.6) is 0 Å². The standard InChI is InChI=1S/C16H19N3O2/c1-17-14-9-15(18-13-6-4-3-5-12(13)14)16(20)19-8-7-11(10-19)21-2/h3-6,9,11H,7-8,10H2,1-2H3,(H,17,18). The summed E-state index contributed by atoms with van der Waals surface area (Å²) in [5, 5.41) is 4.16. The Kier molecular flexibility index (Phi) is 3.75. The number of benzene rings is 1. The molecule has 0 bridgehead atoms. The highest BCUT2D eigenvalue weighted by Crippen LogP contribution is 2.24. The molecule has 110 valence electrons. The topological polar surface area (TPSA) is 54.5 Å². The van der Waals surface area contributed by atoms with E-state index >= 15 is 0 Å². The second-order valence-corrected chi connectivity index (χ2v) is 5.22. The largest absolute Gasteiger partial charge is 0.388 e. The van der Waals surface area contributed by atoms with Crippen LogP contribution in [0.1, 0.15) is 16.9 Å². The van der Waals surface area contributed by atoms with Gasteiger partial charge in [-0.1, -0.05) is 18.2 Å². The molecule has 2 aromatic rings. The normalized spacial score (nSPS) is 18.2. The number of nitrogens with zero attached hydrogens (tertiary/aromatic N) is 2. The third kappa shape index (κ3) is 2.56. The Morgan fingerprint density at radius 1 is 1.43 bits per heavy atom. The van der Waals surface area contributed by atoms with Gasteiger partial charge in [-0.25, -0.2) is 4.98 Å². The number of likely N-dealkylation sites (tertiary alicyclic amines) is 1. The molecule has 1 amide bonds. The van der Waals surface area contributed by atoms with Crippen LogP contribution in [-0.4, -0.2) is 49.1 Å². The number of rotatable bonds is 3. The second kappa shape index (κ2) is 5.69. The van der Waals surface area contributed by atoms with E-state index < -0.39 is 0 Å². The van der Waals surface area contributed by atoms with E-state index in [2.05, 4.69) is 10.3 Å². The summed E-state index contributed by atoms with van der Waals surface area (Å²) < 4.78 is 5.32. The summed E-state index contributed by atoms with van der Waals surface area (Å²) >= 11 is 0. The van der Waals surface area contributed by atoms with E-state index in [-0.39, 0.29) is 12.0 Å². The van der Waals surface area contributed by atoms with Gasteiger partial charge >= 0.3 is 0 Å². The van der Waals surface area contributed by atoms with Crippen LogP contribution in [0.4, 0.5) is 5.69 Å². The number of methoxy groups -OCH3 is 1. The maximum absolute atomic E-state index is 12.6.